The van der Waals surface area contributed by atoms with Crippen molar-refractivity contribution in [2.75, 3.05) is 7.11 Å². The predicted octanol–water partition coefficient (Wildman–Crippen LogP) is 1.84. The lowest BCUT2D eigenvalue weighted by Crippen LogP contribution is -1.85. The van der Waals surface area contributed by atoms with Crippen LogP contribution < -0.4 is 4.74 Å². The van der Waals surface area contributed by atoms with Crippen molar-refractivity contribution in [1.29, 1.82) is 0 Å². The molecule has 0 saturated heterocycles. The Balaban J connectivity index is 2.37. The van der Waals surface area contributed by atoms with E-state index in [1.165, 1.54) is 6.20 Å². The van der Waals surface area contributed by atoms with Crippen LogP contribution in [0.25, 0.3) is 11.3 Å². The molecule has 0 radical (unpaired) electrons. The third-order valence-electron chi connectivity index (χ3n) is 2.17. The second-order valence-electron chi connectivity index (χ2n) is 3.07. The monoisotopic (exact) mass is 205 g/mol. The number of ether oxygens (including phenoxy) is 1. The van der Waals surface area contributed by atoms with Crippen molar-refractivity contribution in [2.24, 2.45) is 0 Å². The molecule has 0 bridgehead atoms. The summed E-state index contributed by atoms with van der Waals surface area (Å²) in [5.41, 5.74) is 1.55. The largest absolute Gasteiger partial charge is 0.497 e. The summed E-state index contributed by atoms with van der Waals surface area (Å²) in [7, 11) is 1.61. The highest BCUT2D eigenvalue weighted by Gasteiger charge is 2.09. The van der Waals surface area contributed by atoms with Gasteiger partial charge in [0, 0.05) is 11.1 Å². The molecule has 1 N–H and O–H groups in total. The quantitative estimate of drug-likeness (QED) is 0.830. The molecule has 1 aromatic carbocycles. The smallest absolute Gasteiger partial charge is 0.172 e. The zero-order valence-electron chi connectivity index (χ0n) is 8.30. The summed E-state index contributed by atoms with van der Waals surface area (Å²) in [6.07, 6.45) is 1.51. The lowest BCUT2D eigenvalue weighted by atomic mass is 10.1. The Morgan fingerprint density at radius 1 is 1.33 bits per heavy atom. The van der Waals surface area contributed by atoms with E-state index in [1.807, 2.05) is 24.3 Å². The highest BCUT2D eigenvalue weighted by Crippen LogP contribution is 2.25. The first-order valence-electron chi connectivity index (χ1n) is 4.54. The van der Waals surface area contributed by atoms with Crippen molar-refractivity contribution in [3.63, 3.8) is 0 Å². The van der Waals surface area contributed by atoms with Gasteiger partial charge in [-0.2, -0.15) is 0 Å². The van der Waals surface area contributed by atoms with Gasteiger partial charge < -0.3 is 14.4 Å². The molecule has 15 heavy (non-hydrogen) atoms. The van der Waals surface area contributed by atoms with Crippen molar-refractivity contribution < 1.29 is 14.4 Å². The van der Waals surface area contributed by atoms with Crippen LogP contribution in [0.5, 0.6) is 5.75 Å². The van der Waals surface area contributed by atoms with Crippen LogP contribution in [0, 0.1) is 0 Å². The number of rotatable bonds is 3. The van der Waals surface area contributed by atoms with Gasteiger partial charge in [0.1, 0.15) is 5.75 Å². The lowest BCUT2D eigenvalue weighted by molar-refractivity contribution is 0.281. The van der Waals surface area contributed by atoms with Gasteiger partial charge in [-0.1, -0.05) is 5.16 Å². The molecule has 1 heterocycles. The SMILES string of the molecule is COc1ccc(-c2oncc2CO)cc1. The van der Waals surface area contributed by atoms with Gasteiger partial charge in [0.25, 0.3) is 0 Å². The van der Waals surface area contributed by atoms with Crippen LogP contribution in [0.3, 0.4) is 0 Å². The van der Waals surface area contributed by atoms with Crippen LogP contribution in [0.1, 0.15) is 5.56 Å². The van der Waals surface area contributed by atoms with E-state index in [2.05, 4.69) is 5.16 Å². The number of aliphatic hydroxyl groups excluding tert-OH is 1. The highest BCUT2D eigenvalue weighted by molar-refractivity contribution is 5.61. The summed E-state index contributed by atoms with van der Waals surface area (Å²) >= 11 is 0. The van der Waals surface area contributed by atoms with Crippen LogP contribution in [-0.4, -0.2) is 17.4 Å². The van der Waals surface area contributed by atoms with Crippen LogP contribution in [0.15, 0.2) is 35.0 Å². The minimum absolute atomic E-state index is 0.0785. The highest BCUT2D eigenvalue weighted by atomic mass is 16.5. The molecule has 0 unspecified atom stereocenters. The number of methoxy groups -OCH3 is 1. The molecule has 0 aliphatic carbocycles. The van der Waals surface area contributed by atoms with Crippen molar-refractivity contribution in [3.05, 3.63) is 36.0 Å². The van der Waals surface area contributed by atoms with Crippen LogP contribution in [0.4, 0.5) is 0 Å². The van der Waals surface area contributed by atoms with Gasteiger partial charge in [-0.25, -0.2) is 0 Å². The Labute approximate surface area is 87.1 Å². The topological polar surface area (TPSA) is 55.5 Å². The zero-order valence-corrected chi connectivity index (χ0v) is 8.30. The third kappa shape index (κ3) is 1.85. The second kappa shape index (κ2) is 4.14. The van der Waals surface area contributed by atoms with E-state index >= 15 is 0 Å². The van der Waals surface area contributed by atoms with Gasteiger partial charge in [-0.3, -0.25) is 0 Å². The molecule has 2 aromatic rings. The molecule has 78 valence electrons. The number of hydrogen-bond donors (Lipinski definition) is 1. The molecule has 0 fully saturated rings. The average Bonchev–Trinajstić information content (AvgIpc) is 2.77. The Morgan fingerprint density at radius 3 is 2.67 bits per heavy atom. The summed E-state index contributed by atoms with van der Waals surface area (Å²) in [6, 6.07) is 7.38. The number of aliphatic hydroxyl groups is 1. The average molecular weight is 205 g/mol. The Bertz CT molecular complexity index is 433. The van der Waals surface area contributed by atoms with E-state index in [0.717, 1.165) is 11.3 Å². The summed E-state index contributed by atoms with van der Waals surface area (Å²) in [4.78, 5) is 0. The van der Waals surface area contributed by atoms with Gasteiger partial charge in [0.15, 0.2) is 5.76 Å². The van der Waals surface area contributed by atoms with Crippen molar-refractivity contribution in [1.82, 2.24) is 5.16 Å². The van der Waals surface area contributed by atoms with E-state index < -0.39 is 0 Å². The first kappa shape index (κ1) is 9.73. The van der Waals surface area contributed by atoms with Gasteiger partial charge in [-0.05, 0) is 24.3 Å². The maximum Gasteiger partial charge on any atom is 0.172 e. The zero-order chi connectivity index (χ0) is 10.7. The fourth-order valence-electron chi connectivity index (χ4n) is 1.35. The summed E-state index contributed by atoms with van der Waals surface area (Å²) in [5, 5.41) is 12.7. The normalized spacial score (nSPS) is 10.3. The fourth-order valence-corrected chi connectivity index (χ4v) is 1.35. The van der Waals surface area contributed by atoms with Crippen LogP contribution in [-0.2, 0) is 6.61 Å². The Morgan fingerprint density at radius 2 is 2.07 bits per heavy atom. The number of aromatic nitrogens is 1. The lowest BCUT2D eigenvalue weighted by Gasteiger charge is -2.01. The van der Waals surface area contributed by atoms with Gasteiger partial charge in [-0.15, -0.1) is 0 Å². The van der Waals surface area contributed by atoms with Crippen molar-refractivity contribution in [3.8, 4) is 17.1 Å². The molecule has 0 amide bonds. The summed E-state index contributed by atoms with van der Waals surface area (Å²) in [5.74, 6) is 1.38. The molecule has 1 aromatic heterocycles. The van der Waals surface area contributed by atoms with Gasteiger partial charge in [0.2, 0.25) is 0 Å². The molecule has 4 heteroatoms. The molecule has 0 atom stereocenters. The van der Waals surface area contributed by atoms with E-state index in [-0.39, 0.29) is 6.61 Å². The van der Waals surface area contributed by atoms with Crippen LogP contribution in [0.2, 0.25) is 0 Å². The van der Waals surface area contributed by atoms with Crippen LogP contribution >= 0.6 is 0 Å². The molecule has 0 saturated carbocycles. The Hall–Kier alpha value is -1.81. The molecule has 0 aliphatic heterocycles. The van der Waals surface area contributed by atoms with E-state index in [1.54, 1.807) is 7.11 Å². The fraction of sp³-hybridized carbons (Fsp3) is 0.182. The number of hydrogen-bond acceptors (Lipinski definition) is 4. The van der Waals surface area contributed by atoms with E-state index in [0.29, 0.717) is 11.3 Å². The molecular formula is C11H11NO3. The molecular weight excluding hydrogens is 194 g/mol. The molecule has 2 rings (SSSR count). The first-order valence-corrected chi connectivity index (χ1v) is 4.54. The molecule has 0 spiro atoms. The van der Waals surface area contributed by atoms with E-state index in [9.17, 15) is 0 Å². The minimum Gasteiger partial charge on any atom is -0.497 e. The minimum atomic E-state index is -0.0785. The molecule has 0 aliphatic rings. The van der Waals surface area contributed by atoms with Gasteiger partial charge in [0.05, 0.1) is 19.9 Å². The maximum atomic E-state index is 9.04. The summed E-state index contributed by atoms with van der Waals surface area (Å²) < 4.78 is 10.1. The van der Waals surface area contributed by atoms with Gasteiger partial charge >= 0.3 is 0 Å². The number of nitrogens with zero attached hydrogens (tertiary/aromatic N) is 1. The van der Waals surface area contributed by atoms with E-state index in [4.69, 9.17) is 14.4 Å². The summed E-state index contributed by atoms with van der Waals surface area (Å²) in [6.45, 7) is -0.0785. The first-order chi connectivity index (χ1) is 7.35. The van der Waals surface area contributed by atoms with Crippen molar-refractivity contribution >= 4 is 0 Å². The third-order valence-corrected chi connectivity index (χ3v) is 2.17. The second-order valence-corrected chi connectivity index (χ2v) is 3.07. The standard InChI is InChI=1S/C11H11NO3/c1-14-10-4-2-8(3-5-10)11-9(7-13)6-12-15-11/h2-6,13H,7H2,1H3. The van der Waals surface area contributed by atoms with Crippen molar-refractivity contribution in [2.45, 2.75) is 6.61 Å². The maximum absolute atomic E-state index is 9.04. The predicted molar refractivity (Wildman–Crippen MR) is 54.4 cm³/mol. The Kier molecular flexibility index (Phi) is 2.69. The molecule has 4 nitrogen and oxygen atoms in total. The number of benzene rings is 1.